The largest absolute Gasteiger partial charge is 0.369 e. The topological polar surface area (TPSA) is 35.6 Å². The van der Waals surface area contributed by atoms with Crippen molar-refractivity contribution in [1.29, 1.82) is 0 Å². The minimum Gasteiger partial charge on any atom is -0.369 e. The van der Waals surface area contributed by atoms with Crippen molar-refractivity contribution in [2.24, 2.45) is 5.92 Å². The first-order valence-electron chi connectivity index (χ1n) is 9.43. The number of hydrogen-bond acceptors (Lipinski definition) is 4. The van der Waals surface area contributed by atoms with Gasteiger partial charge in [-0.3, -0.25) is 9.69 Å². The van der Waals surface area contributed by atoms with E-state index in [0.717, 1.165) is 43.2 Å². The van der Waals surface area contributed by atoms with Crippen LogP contribution in [0.2, 0.25) is 0 Å². The maximum Gasteiger partial charge on any atom is 0.160 e. The molecule has 0 aromatic heterocycles. The molecule has 0 amide bonds. The molecule has 2 fully saturated rings. The first kappa shape index (κ1) is 17.4. The van der Waals surface area contributed by atoms with E-state index in [0.29, 0.717) is 0 Å². The van der Waals surface area contributed by atoms with Crippen LogP contribution in [0, 0.1) is 12.8 Å². The first-order valence-corrected chi connectivity index (χ1v) is 9.43. The Morgan fingerprint density at radius 1 is 1.17 bits per heavy atom. The van der Waals surface area contributed by atoms with Crippen LogP contribution in [0.3, 0.4) is 0 Å². The Labute approximate surface area is 146 Å². The van der Waals surface area contributed by atoms with E-state index in [-0.39, 0.29) is 5.78 Å². The van der Waals surface area contributed by atoms with E-state index in [1.165, 1.54) is 44.6 Å². The monoisotopic (exact) mass is 329 g/mol. The van der Waals surface area contributed by atoms with Gasteiger partial charge in [0.15, 0.2) is 5.78 Å². The smallest absolute Gasteiger partial charge is 0.160 e. The Bertz CT molecular complexity index is 558. The van der Waals surface area contributed by atoms with Crippen molar-refractivity contribution in [1.82, 2.24) is 10.2 Å². The fourth-order valence-corrected chi connectivity index (χ4v) is 4.00. The highest BCUT2D eigenvalue weighted by molar-refractivity contribution is 5.95. The second kappa shape index (κ2) is 8.13. The van der Waals surface area contributed by atoms with Crippen molar-refractivity contribution in [3.05, 3.63) is 29.3 Å². The lowest BCUT2D eigenvalue weighted by molar-refractivity contribution is 0.101. The van der Waals surface area contributed by atoms with Gasteiger partial charge in [-0.1, -0.05) is 0 Å². The minimum atomic E-state index is 0.154. The zero-order chi connectivity index (χ0) is 16.9. The van der Waals surface area contributed by atoms with Gasteiger partial charge in [0.05, 0.1) is 0 Å². The van der Waals surface area contributed by atoms with Crippen LogP contribution in [0.25, 0.3) is 0 Å². The Hall–Kier alpha value is -1.39. The molecule has 2 saturated heterocycles. The van der Waals surface area contributed by atoms with Gasteiger partial charge in [0.1, 0.15) is 0 Å². The SMILES string of the molecule is CC(=O)c1ccc(N2CCN(CCC3CCNCC3)CC2)cc1C. The lowest BCUT2D eigenvalue weighted by Gasteiger charge is -2.37. The summed E-state index contributed by atoms with van der Waals surface area (Å²) in [5, 5.41) is 3.45. The zero-order valence-electron chi connectivity index (χ0n) is 15.2. The van der Waals surface area contributed by atoms with Gasteiger partial charge >= 0.3 is 0 Å². The number of piperazine rings is 1. The second-order valence-electron chi connectivity index (χ2n) is 7.37. The third kappa shape index (κ3) is 4.37. The van der Waals surface area contributed by atoms with Crippen molar-refractivity contribution in [2.45, 2.75) is 33.1 Å². The van der Waals surface area contributed by atoms with Crippen molar-refractivity contribution in [2.75, 3.05) is 50.7 Å². The summed E-state index contributed by atoms with van der Waals surface area (Å²) >= 11 is 0. The lowest BCUT2D eigenvalue weighted by Crippen LogP contribution is -2.47. The third-order valence-electron chi connectivity index (χ3n) is 5.64. The number of aryl methyl sites for hydroxylation is 1. The highest BCUT2D eigenvalue weighted by Gasteiger charge is 2.20. The maximum atomic E-state index is 11.6. The van der Waals surface area contributed by atoms with Gasteiger partial charge in [-0.2, -0.15) is 0 Å². The van der Waals surface area contributed by atoms with Gasteiger partial charge < -0.3 is 10.2 Å². The van der Waals surface area contributed by atoms with Crippen molar-refractivity contribution < 1.29 is 4.79 Å². The van der Waals surface area contributed by atoms with Crippen molar-refractivity contribution >= 4 is 11.5 Å². The van der Waals surface area contributed by atoms with Crippen LogP contribution in [0.15, 0.2) is 18.2 Å². The number of nitrogens with zero attached hydrogens (tertiary/aromatic N) is 2. The predicted molar refractivity (Wildman–Crippen MR) is 100 cm³/mol. The third-order valence-corrected chi connectivity index (χ3v) is 5.64. The number of ketones is 1. The molecule has 2 heterocycles. The van der Waals surface area contributed by atoms with E-state index in [4.69, 9.17) is 0 Å². The van der Waals surface area contributed by atoms with E-state index in [9.17, 15) is 4.79 Å². The molecule has 4 nitrogen and oxygen atoms in total. The maximum absolute atomic E-state index is 11.6. The van der Waals surface area contributed by atoms with E-state index in [1.807, 2.05) is 13.0 Å². The van der Waals surface area contributed by atoms with E-state index < -0.39 is 0 Å². The molecule has 2 aliphatic heterocycles. The zero-order valence-corrected chi connectivity index (χ0v) is 15.2. The number of anilines is 1. The number of nitrogens with one attached hydrogen (secondary N) is 1. The molecule has 0 unspecified atom stereocenters. The predicted octanol–water partition coefficient (Wildman–Crippen LogP) is 2.71. The molecule has 132 valence electrons. The Balaban J connectivity index is 1.48. The highest BCUT2D eigenvalue weighted by atomic mass is 16.1. The van der Waals surface area contributed by atoms with Gasteiger partial charge in [0.2, 0.25) is 0 Å². The van der Waals surface area contributed by atoms with E-state index >= 15 is 0 Å². The van der Waals surface area contributed by atoms with Crippen molar-refractivity contribution in [3.8, 4) is 0 Å². The van der Waals surface area contributed by atoms with Crippen LogP contribution in [0.1, 0.15) is 42.1 Å². The molecular formula is C20H31N3O. The molecule has 1 N–H and O–H groups in total. The molecule has 0 aliphatic carbocycles. The molecule has 1 aromatic rings. The normalized spacial score (nSPS) is 20.3. The number of carbonyl (C=O) groups is 1. The van der Waals surface area contributed by atoms with Crippen LogP contribution in [0.4, 0.5) is 5.69 Å². The fourth-order valence-electron chi connectivity index (χ4n) is 4.00. The molecule has 3 rings (SSSR count). The fraction of sp³-hybridized carbons (Fsp3) is 0.650. The molecule has 0 spiro atoms. The molecule has 0 atom stereocenters. The summed E-state index contributed by atoms with van der Waals surface area (Å²) in [6, 6.07) is 6.26. The standard InChI is InChI=1S/C20H31N3O/c1-16-15-19(3-4-20(16)17(2)24)23-13-11-22(12-14-23)10-7-18-5-8-21-9-6-18/h3-4,15,18,21H,5-14H2,1-2H3. The second-order valence-corrected chi connectivity index (χ2v) is 7.37. The van der Waals surface area contributed by atoms with Crippen LogP contribution >= 0.6 is 0 Å². The molecule has 0 bridgehead atoms. The van der Waals surface area contributed by atoms with Gasteiger partial charge in [0, 0.05) is 37.4 Å². The number of rotatable bonds is 5. The quantitative estimate of drug-likeness (QED) is 0.843. The molecule has 2 aliphatic rings. The Morgan fingerprint density at radius 3 is 2.50 bits per heavy atom. The summed E-state index contributed by atoms with van der Waals surface area (Å²) in [6.45, 7) is 11.8. The molecular weight excluding hydrogens is 298 g/mol. The average Bonchev–Trinajstić information content (AvgIpc) is 2.61. The molecule has 1 aromatic carbocycles. The number of Topliss-reactive ketones (excluding diaryl/α,β-unsaturated/α-hetero) is 1. The summed E-state index contributed by atoms with van der Waals surface area (Å²) in [5.74, 6) is 1.08. The molecule has 0 radical (unpaired) electrons. The number of carbonyl (C=O) groups excluding carboxylic acids is 1. The minimum absolute atomic E-state index is 0.154. The van der Waals surface area contributed by atoms with Crippen LogP contribution in [0.5, 0.6) is 0 Å². The van der Waals surface area contributed by atoms with Gasteiger partial charge in [-0.25, -0.2) is 0 Å². The van der Waals surface area contributed by atoms with Crippen LogP contribution in [-0.2, 0) is 0 Å². The first-order chi connectivity index (χ1) is 11.6. The average molecular weight is 329 g/mol. The number of hydrogen-bond donors (Lipinski definition) is 1. The van der Waals surface area contributed by atoms with Gasteiger partial charge in [-0.05, 0) is 82.4 Å². The van der Waals surface area contributed by atoms with Gasteiger partial charge in [-0.15, -0.1) is 0 Å². The summed E-state index contributed by atoms with van der Waals surface area (Å²) in [6.07, 6.45) is 4.05. The van der Waals surface area contributed by atoms with Crippen LogP contribution < -0.4 is 10.2 Å². The molecule has 24 heavy (non-hydrogen) atoms. The highest BCUT2D eigenvalue weighted by Crippen LogP contribution is 2.22. The van der Waals surface area contributed by atoms with Crippen LogP contribution in [-0.4, -0.2) is 56.5 Å². The van der Waals surface area contributed by atoms with Gasteiger partial charge in [0.25, 0.3) is 0 Å². The Morgan fingerprint density at radius 2 is 1.88 bits per heavy atom. The number of benzene rings is 1. The molecule has 4 heteroatoms. The number of piperidine rings is 1. The summed E-state index contributed by atoms with van der Waals surface area (Å²) in [7, 11) is 0. The lowest BCUT2D eigenvalue weighted by atomic mass is 9.94. The van der Waals surface area contributed by atoms with E-state index in [2.05, 4.69) is 27.2 Å². The summed E-state index contributed by atoms with van der Waals surface area (Å²) in [5.41, 5.74) is 3.20. The molecule has 0 saturated carbocycles. The summed E-state index contributed by atoms with van der Waals surface area (Å²) in [4.78, 5) is 16.7. The van der Waals surface area contributed by atoms with Crippen molar-refractivity contribution in [3.63, 3.8) is 0 Å². The van der Waals surface area contributed by atoms with E-state index in [1.54, 1.807) is 6.92 Å². The Kier molecular flexibility index (Phi) is 5.90. The summed E-state index contributed by atoms with van der Waals surface area (Å²) < 4.78 is 0.